The van der Waals surface area contributed by atoms with Crippen LogP contribution in [0.1, 0.15) is 339 Å². The highest BCUT2D eigenvalue weighted by atomic mass is 32.0. The van der Waals surface area contributed by atoms with Crippen LogP contribution in [0.2, 0.25) is 0 Å². The molecule has 7 N–H and O–H groups in total. The smallest absolute Gasteiger partial charge is 0.145 e. The number of allylic oxidation sites excluding steroid dienone is 63. The highest BCUT2D eigenvalue weighted by molar-refractivity contribution is 8.02. The van der Waals surface area contributed by atoms with Gasteiger partial charge < -0.3 is 35.7 Å². The molecule has 10 heteroatoms. The molecular formula is C136H199O8P2+. The van der Waals surface area contributed by atoms with E-state index in [1.807, 2.05) is 40.2 Å². The SMILES string of the molecule is CC/C=C(C)/C=C/C1=C(C)C[C@@H](O)CC1(C)C.CC1=C(/C=C/C(C)=C/C=C/C(C)=C/C=C/C=C(C)/C=C/C=C(C)/C=C/C2=C(C)C[C@@H](O)CC2(C)C)C(C)(C)C[C@H](O)C1.CC1=C(/C=C/C(C)=C/C=C/C(C)=C/C=C/C=C(C)/C=C/C=C(C)/C=C/C2=C(C)C[C@H](O)CC2(C)C)C(C)(C)C[C@@H](O)C1.CC1=C(/C=C/C(C)=C/C=C/C(C)=C/C=C/C=C(\C)C=O)C(C)(C)C[C@H](O)C1.CC1=C(/C=C/C(C)=C/CP[PH3+])C(C)(C)C[C@@H](O)C1. The summed E-state index contributed by atoms with van der Waals surface area (Å²) in [5, 5.41) is 70.1. The molecule has 0 radical (unpaired) electrons. The van der Waals surface area contributed by atoms with Gasteiger partial charge in [0.1, 0.15) is 6.29 Å². The van der Waals surface area contributed by atoms with Crippen LogP contribution in [0.5, 0.6) is 0 Å². The van der Waals surface area contributed by atoms with Crippen LogP contribution in [0, 0.1) is 37.9 Å². The maximum atomic E-state index is 10.5. The summed E-state index contributed by atoms with van der Waals surface area (Å²) in [4.78, 5) is 10.5. The fourth-order valence-corrected chi connectivity index (χ4v) is 22.0. The monoisotopic (exact) mass is 2020 g/mol. The minimum absolute atomic E-state index is 0.00547. The highest BCUT2D eigenvalue weighted by Gasteiger charge is 2.38. The zero-order valence-electron chi connectivity index (χ0n) is 97.5. The molecule has 146 heavy (non-hydrogen) atoms. The van der Waals surface area contributed by atoms with Crippen LogP contribution in [0.3, 0.4) is 0 Å². The zero-order chi connectivity index (χ0) is 110. The van der Waals surface area contributed by atoms with Crippen molar-refractivity contribution in [1.82, 2.24) is 0 Å². The Bertz CT molecular complexity index is 5130. The largest absolute Gasteiger partial charge is 0.393 e. The average molecular weight is 2020 g/mol. The van der Waals surface area contributed by atoms with E-state index in [9.17, 15) is 40.5 Å². The van der Waals surface area contributed by atoms with E-state index in [2.05, 4.69) is 459 Å². The van der Waals surface area contributed by atoms with Crippen molar-refractivity contribution in [2.45, 2.75) is 381 Å². The van der Waals surface area contributed by atoms with Crippen molar-refractivity contribution >= 4 is 23.5 Å². The second kappa shape index (κ2) is 64.6. The Labute approximate surface area is 895 Å². The summed E-state index contributed by atoms with van der Waals surface area (Å²) >= 11 is 0. The van der Waals surface area contributed by atoms with Gasteiger partial charge in [-0.25, -0.2) is 0 Å². The van der Waals surface area contributed by atoms with Crippen LogP contribution in [0.15, 0.2) is 412 Å². The number of carbonyl (C=O) groups is 1. The number of aliphatic hydroxyl groups excluding tert-OH is 7. The summed E-state index contributed by atoms with van der Waals surface area (Å²) in [6.07, 6.45) is 104. The number of aldehydes is 1. The molecule has 0 aromatic rings. The van der Waals surface area contributed by atoms with Gasteiger partial charge in [-0.1, -0.05) is 471 Å². The molecule has 0 saturated carbocycles. The summed E-state index contributed by atoms with van der Waals surface area (Å²) in [5.41, 5.74) is 34.1. The molecule has 0 heterocycles. The van der Waals surface area contributed by atoms with Crippen LogP contribution < -0.4 is 0 Å². The van der Waals surface area contributed by atoms with Gasteiger partial charge in [-0.05, 0) is 326 Å². The maximum absolute atomic E-state index is 10.5. The van der Waals surface area contributed by atoms with Gasteiger partial charge in [0, 0.05) is 14.4 Å². The lowest BCUT2D eigenvalue weighted by molar-refractivity contribution is -0.104. The Morgan fingerprint density at radius 3 is 0.534 bits per heavy atom. The van der Waals surface area contributed by atoms with E-state index in [4.69, 9.17) is 0 Å². The van der Waals surface area contributed by atoms with Crippen molar-refractivity contribution in [3.8, 4) is 0 Å². The third kappa shape index (κ3) is 50.6. The Kier molecular flexibility index (Phi) is 58.1. The van der Waals surface area contributed by atoms with E-state index >= 15 is 0 Å². The number of hydrogen-bond donors (Lipinski definition) is 7. The maximum Gasteiger partial charge on any atom is 0.145 e. The van der Waals surface area contributed by atoms with Crippen LogP contribution in [-0.2, 0) is 4.79 Å². The number of rotatable bonds is 34. The summed E-state index contributed by atoms with van der Waals surface area (Å²) in [5.74, 6) is 0. The Hall–Kier alpha value is -8.85. The van der Waals surface area contributed by atoms with Crippen molar-refractivity contribution in [2.24, 2.45) is 37.9 Å². The lowest BCUT2D eigenvalue weighted by Crippen LogP contribution is -2.28. The molecule has 7 aliphatic rings. The van der Waals surface area contributed by atoms with Gasteiger partial charge >= 0.3 is 0 Å². The fraction of sp³-hybridized carbons (Fsp3) is 0.478. The molecule has 7 aliphatic carbocycles. The van der Waals surface area contributed by atoms with Crippen LogP contribution in [0.4, 0.5) is 0 Å². The standard InChI is InChI=1S/2C40H56O2.C25H34O2.C16H26O.C15H26OP2/c2*1-29(17-13-19-31(3)21-23-37-33(5)25-35(41)27-39(37,7)8)15-11-12-16-30(2)18-14-20-32(4)22-24-38-34(6)26-36(42)28-40(38,9)10;1-19(10-7-8-11-21(3)18-26)12-9-13-20(2)14-15-24-22(4)16-23(27)17-25(24,5)6;1-6-7-12(2)8-9-15-13(3)10-14(17)11-16(15,4)5;1-11(7-8-18-17)5-6-14-12(2)9-13(16)10-15(14,3)4/h2*11-24,35-36,41-42H,25-28H2,1-10H3;7-15,18,23,27H,16-17H2,1-6H3;7-9,14,17H,6,10-11H2,1-5H3;5-7,13,16,18H,8-10,17H2,1-4H3/p+1/b2*12-11+,17-13+,18-14+,23-21+,24-22+,29-15+,30-16+,31-19+,32-20+;8-7+,12-9+,15-14+,19-10+,20-13+,21-11+;9-8+,12-7+;6-5+,11-7+/t2*35-,36-;23-;14-;13-/m10110/s1. The van der Waals surface area contributed by atoms with Gasteiger partial charge in [0.15, 0.2) is 0 Å². The third-order valence-electron chi connectivity index (χ3n) is 28.3. The highest BCUT2D eigenvalue weighted by Crippen LogP contribution is 2.48. The first-order valence-electron chi connectivity index (χ1n) is 53.6. The topological polar surface area (TPSA) is 159 Å². The van der Waals surface area contributed by atoms with Crippen molar-refractivity contribution in [3.05, 3.63) is 412 Å². The predicted molar refractivity (Wildman–Crippen MR) is 649 cm³/mol. The molecule has 0 aromatic carbocycles. The second-order valence-corrected chi connectivity index (χ2v) is 49.6. The lowest BCUT2D eigenvalue weighted by Gasteiger charge is -2.35. The molecule has 800 valence electrons. The Balaban J connectivity index is 0.000000491. The minimum atomic E-state index is -0.227. The number of hydrogen-bond acceptors (Lipinski definition) is 8. The second-order valence-electron chi connectivity index (χ2n) is 47.2. The first-order valence-corrected chi connectivity index (χ1v) is 57.2. The molecule has 0 amide bonds. The molecule has 7 rings (SSSR count). The van der Waals surface area contributed by atoms with E-state index in [0.29, 0.717) is 5.57 Å². The first-order chi connectivity index (χ1) is 68.1. The van der Waals surface area contributed by atoms with Crippen LogP contribution in [-0.4, -0.2) is 90.9 Å². The van der Waals surface area contributed by atoms with E-state index in [1.54, 1.807) is 13.0 Å². The van der Waals surface area contributed by atoms with E-state index in [1.165, 1.54) is 145 Å². The minimum Gasteiger partial charge on any atom is -0.393 e. The van der Waals surface area contributed by atoms with E-state index in [0.717, 1.165) is 116 Å². The van der Waals surface area contributed by atoms with Gasteiger partial charge in [0.05, 0.1) is 42.7 Å². The quantitative estimate of drug-likeness (QED) is 0.0145. The van der Waals surface area contributed by atoms with Gasteiger partial charge in [-0.3, -0.25) is 4.79 Å². The average Bonchev–Trinajstić information content (AvgIpc) is 0.837. The molecule has 0 aliphatic heterocycles. The molecule has 2 unspecified atom stereocenters. The molecule has 0 spiro atoms. The predicted octanol–water partition coefficient (Wildman–Crippen LogP) is 35.9. The summed E-state index contributed by atoms with van der Waals surface area (Å²) in [7, 11) is 3.06. The van der Waals surface area contributed by atoms with Crippen molar-refractivity contribution in [3.63, 3.8) is 0 Å². The third-order valence-corrected chi connectivity index (χ3v) is 29.6. The van der Waals surface area contributed by atoms with Crippen molar-refractivity contribution < 1.29 is 40.5 Å². The fourth-order valence-electron chi connectivity index (χ4n) is 21.1. The Morgan fingerprint density at radius 2 is 0.384 bits per heavy atom. The summed E-state index contributed by atoms with van der Waals surface area (Å²) in [6, 6.07) is 0. The molecule has 8 nitrogen and oxygen atoms in total. The first kappa shape index (κ1) is 131. The van der Waals surface area contributed by atoms with Gasteiger partial charge in [-0.15, -0.1) is 0 Å². The van der Waals surface area contributed by atoms with Crippen LogP contribution in [0.25, 0.3) is 0 Å². The van der Waals surface area contributed by atoms with Gasteiger partial charge in [0.25, 0.3) is 0 Å². The summed E-state index contributed by atoms with van der Waals surface area (Å²) in [6.45, 7) is 75.3. The van der Waals surface area contributed by atoms with Gasteiger partial charge in [0.2, 0.25) is 0 Å². The Morgan fingerprint density at radius 1 is 0.240 bits per heavy atom. The molecule has 0 fully saturated rings. The van der Waals surface area contributed by atoms with Crippen molar-refractivity contribution in [1.29, 1.82) is 0 Å². The van der Waals surface area contributed by atoms with E-state index < -0.39 is 0 Å². The number of aliphatic hydroxyl groups is 7. The molecule has 0 aromatic heterocycles. The van der Waals surface area contributed by atoms with Gasteiger partial charge in [-0.2, -0.15) is 0 Å². The van der Waals surface area contributed by atoms with Crippen LogP contribution >= 0.6 is 17.2 Å². The molecule has 9 atom stereocenters. The molecule has 0 bridgehead atoms. The summed E-state index contributed by atoms with van der Waals surface area (Å²) < 4.78 is 0. The van der Waals surface area contributed by atoms with E-state index in [-0.39, 0.29) is 80.6 Å². The number of carbonyl (C=O) groups excluding carboxylic acids is 1. The normalized spacial score (nSPS) is 24.8. The molecule has 0 saturated heterocycles. The molecular weight excluding hydrogens is 1820 g/mol. The van der Waals surface area contributed by atoms with Crippen molar-refractivity contribution in [2.75, 3.05) is 6.16 Å². The zero-order valence-corrected chi connectivity index (χ0v) is 99.9. The lowest BCUT2D eigenvalue weighted by atomic mass is 9.71.